The molecule has 0 aliphatic carbocycles. The van der Waals surface area contributed by atoms with E-state index in [2.05, 4.69) is 93.6 Å². The summed E-state index contributed by atoms with van der Waals surface area (Å²) in [4.78, 5) is 0. The van der Waals surface area contributed by atoms with E-state index in [-0.39, 0.29) is 5.60 Å². The second-order valence-corrected chi connectivity index (χ2v) is 7.82. The molecule has 0 aromatic heterocycles. The molecule has 0 amide bonds. The van der Waals surface area contributed by atoms with Crippen LogP contribution in [0.5, 0.6) is 0 Å². The van der Waals surface area contributed by atoms with Gasteiger partial charge in [0.2, 0.25) is 0 Å². The summed E-state index contributed by atoms with van der Waals surface area (Å²) in [6.45, 7) is 6.26. The zero-order chi connectivity index (χ0) is 17.0. The number of benzene rings is 3. The quantitative estimate of drug-likeness (QED) is 0.606. The highest BCUT2D eigenvalue weighted by molar-refractivity contribution is 6.47. The lowest BCUT2D eigenvalue weighted by molar-refractivity contribution is 0.142. The van der Waals surface area contributed by atoms with Crippen molar-refractivity contribution < 1.29 is 4.43 Å². The molecular formula is C22H22OSi. The highest BCUT2D eigenvalue weighted by Gasteiger charge is 2.11. The minimum Gasteiger partial charge on any atom is -0.407 e. The predicted molar refractivity (Wildman–Crippen MR) is 104 cm³/mol. The van der Waals surface area contributed by atoms with Crippen LogP contribution in [0.1, 0.15) is 20.8 Å². The zero-order valence-electron chi connectivity index (χ0n) is 14.4. The molecule has 2 heteroatoms. The smallest absolute Gasteiger partial charge is 0.269 e. The molecule has 0 spiro atoms. The van der Waals surface area contributed by atoms with E-state index in [9.17, 15) is 0 Å². The standard InChI is InChI=1S/C22H22OSi/c1-22(2,3)23-24-21-15-13-20(14-16-21)19-11-9-18(10-12-19)17-7-5-4-6-8-17/h4-16H,1-3H3. The van der Waals surface area contributed by atoms with E-state index in [4.69, 9.17) is 4.43 Å². The summed E-state index contributed by atoms with van der Waals surface area (Å²) in [5, 5.41) is 1.23. The molecule has 0 saturated heterocycles. The Balaban J connectivity index is 1.73. The highest BCUT2D eigenvalue weighted by Crippen LogP contribution is 2.24. The van der Waals surface area contributed by atoms with Gasteiger partial charge in [-0.15, -0.1) is 0 Å². The summed E-state index contributed by atoms with van der Waals surface area (Å²) in [7, 11) is 0.389. The Hall–Kier alpha value is -2.16. The molecule has 0 aliphatic heterocycles. The Bertz CT molecular complexity index is 769. The first-order valence-corrected chi connectivity index (χ1v) is 9.12. The van der Waals surface area contributed by atoms with Crippen LogP contribution in [-0.4, -0.2) is 15.4 Å². The predicted octanol–water partition coefficient (Wildman–Crippen LogP) is 5.08. The van der Waals surface area contributed by atoms with Crippen molar-refractivity contribution in [2.45, 2.75) is 26.4 Å². The van der Waals surface area contributed by atoms with Gasteiger partial charge in [0.1, 0.15) is 0 Å². The third-order valence-electron chi connectivity index (χ3n) is 3.69. The summed E-state index contributed by atoms with van der Waals surface area (Å²) < 4.78 is 5.85. The summed E-state index contributed by atoms with van der Waals surface area (Å²) in [6, 6.07) is 27.9. The van der Waals surface area contributed by atoms with E-state index in [1.165, 1.54) is 27.4 Å². The van der Waals surface area contributed by atoms with Gasteiger partial charge in [0, 0.05) is 5.60 Å². The lowest BCUT2D eigenvalue weighted by atomic mass is 10.0. The number of rotatable bonds is 4. The number of hydrogen-bond acceptors (Lipinski definition) is 1. The molecule has 0 N–H and O–H groups in total. The molecule has 0 saturated carbocycles. The van der Waals surface area contributed by atoms with E-state index in [0.717, 1.165) is 0 Å². The Morgan fingerprint density at radius 1 is 0.583 bits per heavy atom. The first-order valence-electron chi connectivity index (χ1n) is 8.21. The molecule has 0 bridgehead atoms. The van der Waals surface area contributed by atoms with Gasteiger partial charge in [-0.25, -0.2) is 0 Å². The largest absolute Gasteiger partial charge is 0.407 e. The molecule has 0 unspecified atom stereocenters. The lowest BCUT2D eigenvalue weighted by Crippen LogP contribution is -2.28. The van der Waals surface area contributed by atoms with E-state index in [1.54, 1.807) is 0 Å². The molecule has 0 heterocycles. The Labute approximate surface area is 147 Å². The van der Waals surface area contributed by atoms with Crippen LogP contribution in [0.2, 0.25) is 0 Å². The van der Waals surface area contributed by atoms with Gasteiger partial charge in [-0.3, -0.25) is 0 Å². The van der Waals surface area contributed by atoms with Gasteiger partial charge < -0.3 is 4.43 Å². The highest BCUT2D eigenvalue weighted by atomic mass is 28.2. The van der Waals surface area contributed by atoms with Crippen molar-refractivity contribution in [2.75, 3.05) is 0 Å². The van der Waals surface area contributed by atoms with Gasteiger partial charge in [-0.1, -0.05) is 78.9 Å². The van der Waals surface area contributed by atoms with Crippen LogP contribution >= 0.6 is 0 Å². The molecule has 0 fully saturated rings. The maximum absolute atomic E-state index is 5.85. The van der Waals surface area contributed by atoms with Crippen LogP contribution in [-0.2, 0) is 4.43 Å². The molecule has 3 aromatic rings. The van der Waals surface area contributed by atoms with Crippen molar-refractivity contribution >= 4 is 14.9 Å². The van der Waals surface area contributed by atoms with Crippen LogP contribution in [0.4, 0.5) is 0 Å². The maximum Gasteiger partial charge on any atom is 0.269 e. The summed E-state index contributed by atoms with van der Waals surface area (Å²) >= 11 is 0. The lowest BCUT2D eigenvalue weighted by Gasteiger charge is -2.19. The summed E-state index contributed by atoms with van der Waals surface area (Å²) in [6.07, 6.45) is 0. The van der Waals surface area contributed by atoms with Crippen molar-refractivity contribution in [2.24, 2.45) is 0 Å². The van der Waals surface area contributed by atoms with Gasteiger partial charge in [0.25, 0.3) is 9.76 Å². The third-order valence-corrected chi connectivity index (χ3v) is 4.97. The van der Waals surface area contributed by atoms with Crippen LogP contribution in [0.3, 0.4) is 0 Å². The molecule has 0 aliphatic rings. The first-order chi connectivity index (χ1) is 11.5. The Morgan fingerprint density at radius 3 is 1.46 bits per heavy atom. The topological polar surface area (TPSA) is 9.23 Å². The van der Waals surface area contributed by atoms with Gasteiger partial charge in [-0.2, -0.15) is 0 Å². The van der Waals surface area contributed by atoms with Crippen LogP contribution in [0.25, 0.3) is 22.3 Å². The fourth-order valence-electron chi connectivity index (χ4n) is 2.43. The average molecular weight is 331 g/mol. The first kappa shape index (κ1) is 16.7. The fraction of sp³-hybridized carbons (Fsp3) is 0.182. The normalized spacial score (nSPS) is 11.5. The van der Waals surface area contributed by atoms with Gasteiger partial charge in [-0.05, 0) is 48.2 Å². The van der Waals surface area contributed by atoms with Crippen molar-refractivity contribution in [1.29, 1.82) is 0 Å². The molecule has 2 radical (unpaired) electrons. The minimum atomic E-state index is -0.0929. The van der Waals surface area contributed by atoms with Crippen LogP contribution in [0.15, 0.2) is 78.9 Å². The molecule has 3 rings (SSSR count). The van der Waals surface area contributed by atoms with Gasteiger partial charge in [0.05, 0.1) is 0 Å². The van der Waals surface area contributed by atoms with Crippen LogP contribution < -0.4 is 5.19 Å². The summed E-state index contributed by atoms with van der Waals surface area (Å²) in [5.41, 5.74) is 4.88. The van der Waals surface area contributed by atoms with Crippen molar-refractivity contribution in [1.82, 2.24) is 0 Å². The van der Waals surface area contributed by atoms with E-state index >= 15 is 0 Å². The van der Waals surface area contributed by atoms with Crippen molar-refractivity contribution in [3.8, 4) is 22.3 Å². The molecule has 3 aromatic carbocycles. The second kappa shape index (κ2) is 7.16. The van der Waals surface area contributed by atoms with Gasteiger partial charge in [0.15, 0.2) is 0 Å². The van der Waals surface area contributed by atoms with Gasteiger partial charge >= 0.3 is 0 Å². The molecule has 0 atom stereocenters. The minimum absolute atomic E-state index is 0.0929. The van der Waals surface area contributed by atoms with Crippen molar-refractivity contribution in [3.63, 3.8) is 0 Å². The monoisotopic (exact) mass is 330 g/mol. The van der Waals surface area contributed by atoms with Crippen molar-refractivity contribution in [3.05, 3.63) is 78.9 Å². The third kappa shape index (κ3) is 4.44. The van der Waals surface area contributed by atoms with Crippen LogP contribution in [0, 0.1) is 0 Å². The molecular weight excluding hydrogens is 308 g/mol. The molecule has 120 valence electrons. The SMILES string of the molecule is CC(C)(C)O[Si]c1ccc(-c2ccc(-c3ccccc3)cc2)cc1. The second-order valence-electron chi connectivity index (χ2n) is 6.84. The number of hydrogen-bond donors (Lipinski definition) is 0. The fourth-order valence-corrected chi connectivity index (χ4v) is 3.16. The molecule has 1 nitrogen and oxygen atoms in total. The molecule has 24 heavy (non-hydrogen) atoms. The van der Waals surface area contributed by atoms with E-state index in [0.29, 0.717) is 9.76 Å². The maximum atomic E-state index is 5.85. The summed E-state index contributed by atoms with van der Waals surface area (Å²) in [5.74, 6) is 0. The van der Waals surface area contributed by atoms with E-state index < -0.39 is 0 Å². The average Bonchev–Trinajstić information content (AvgIpc) is 2.61. The van der Waals surface area contributed by atoms with E-state index in [1.807, 2.05) is 6.07 Å². The zero-order valence-corrected chi connectivity index (χ0v) is 15.4. The Kier molecular flexibility index (Phi) is 4.98. The Morgan fingerprint density at radius 2 is 1.00 bits per heavy atom.